The number of hydrogen-bond acceptors (Lipinski definition) is 5. The molecule has 1 aliphatic rings. The molecule has 1 aromatic rings. The first kappa shape index (κ1) is 17.5. The van der Waals surface area contributed by atoms with Gasteiger partial charge in [-0.15, -0.1) is 11.3 Å². The molecule has 7 heteroatoms. The largest absolute Gasteiger partial charge is 0.452 e. The molecule has 0 saturated heterocycles. The van der Waals surface area contributed by atoms with Gasteiger partial charge < -0.3 is 15.4 Å². The third-order valence-corrected chi connectivity index (χ3v) is 4.68. The summed E-state index contributed by atoms with van der Waals surface area (Å²) in [7, 11) is 0. The summed E-state index contributed by atoms with van der Waals surface area (Å²) >= 11 is 1.35. The maximum Gasteiger partial charge on any atom is 0.341 e. The van der Waals surface area contributed by atoms with Crippen LogP contribution in [0.2, 0.25) is 0 Å². The molecular weight excluding hydrogens is 316 g/mol. The van der Waals surface area contributed by atoms with Crippen LogP contribution in [0.3, 0.4) is 0 Å². The molecule has 1 fully saturated rings. The first-order valence-electron chi connectivity index (χ1n) is 7.67. The monoisotopic (exact) mass is 338 g/mol. The van der Waals surface area contributed by atoms with E-state index in [1.54, 1.807) is 0 Å². The van der Waals surface area contributed by atoms with Gasteiger partial charge in [-0.1, -0.05) is 0 Å². The van der Waals surface area contributed by atoms with Crippen molar-refractivity contribution in [3.8, 4) is 0 Å². The Hall–Kier alpha value is -1.89. The third-order valence-electron chi connectivity index (χ3n) is 3.56. The normalized spacial score (nSPS) is 13.8. The molecule has 1 aliphatic carbocycles. The molecule has 2 rings (SSSR count). The smallest absolute Gasteiger partial charge is 0.341 e. The van der Waals surface area contributed by atoms with Gasteiger partial charge in [-0.2, -0.15) is 0 Å². The van der Waals surface area contributed by atoms with E-state index in [2.05, 4.69) is 10.6 Å². The summed E-state index contributed by atoms with van der Waals surface area (Å²) in [5.41, 5.74) is 1.12. The lowest BCUT2D eigenvalue weighted by Gasteiger charge is -2.10. The highest BCUT2D eigenvalue weighted by Crippen LogP contribution is 2.36. The van der Waals surface area contributed by atoms with Crippen LogP contribution in [0.4, 0.5) is 5.00 Å². The number of anilines is 1. The zero-order chi connectivity index (χ0) is 17.1. The van der Waals surface area contributed by atoms with Crippen LogP contribution in [0, 0.1) is 19.8 Å². The average Bonchev–Trinajstić information content (AvgIpc) is 3.25. The minimum Gasteiger partial charge on any atom is -0.452 e. The highest BCUT2D eigenvalue weighted by Gasteiger charge is 2.31. The molecule has 1 saturated carbocycles. The summed E-state index contributed by atoms with van der Waals surface area (Å²) in [5, 5.41) is 5.97. The molecule has 0 unspecified atom stereocenters. The molecular formula is C16H22N2O4S. The average molecular weight is 338 g/mol. The Kier molecular flexibility index (Phi) is 5.41. The quantitative estimate of drug-likeness (QED) is 0.780. The first-order chi connectivity index (χ1) is 10.8. The van der Waals surface area contributed by atoms with Crippen molar-refractivity contribution < 1.29 is 19.1 Å². The number of nitrogens with one attached hydrogen (secondary N) is 2. The summed E-state index contributed by atoms with van der Waals surface area (Å²) in [6.07, 6.45) is 1.79. The topological polar surface area (TPSA) is 84.5 Å². The van der Waals surface area contributed by atoms with Gasteiger partial charge in [0, 0.05) is 16.8 Å². The fourth-order valence-corrected chi connectivity index (χ4v) is 3.14. The Bertz CT molecular complexity index is 632. The molecule has 1 aromatic heterocycles. The van der Waals surface area contributed by atoms with Gasteiger partial charge in [-0.25, -0.2) is 4.79 Å². The van der Waals surface area contributed by atoms with E-state index in [-0.39, 0.29) is 30.4 Å². The molecule has 2 amide bonds. The molecule has 23 heavy (non-hydrogen) atoms. The minimum atomic E-state index is -0.586. The number of thiophene rings is 1. The van der Waals surface area contributed by atoms with Crippen LogP contribution >= 0.6 is 11.3 Å². The fraction of sp³-hybridized carbons (Fsp3) is 0.562. The molecule has 0 radical (unpaired) electrons. The van der Waals surface area contributed by atoms with Crippen molar-refractivity contribution in [3.05, 3.63) is 16.0 Å². The van der Waals surface area contributed by atoms with Crippen LogP contribution in [0.1, 0.15) is 47.5 Å². The van der Waals surface area contributed by atoms with Crippen LogP contribution in [-0.2, 0) is 14.3 Å². The summed E-state index contributed by atoms with van der Waals surface area (Å²) in [5.74, 6) is -0.936. The van der Waals surface area contributed by atoms with Crippen molar-refractivity contribution in [3.63, 3.8) is 0 Å². The number of aryl methyl sites for hydroxylation is 1. The lowest BCUT2D eigenvalue weighted by Crippen LogP contribution is -2.34. The van der Waals surface area contributed by atoms with Crippen LogP contribution in [0.25, 0.3) is 0 Å². The van der Waals surface area contributed by atoms with E-state index in [1.165, 1.54) is 11.3 Å². The van der Waals surface area contributed by atoms with Gasteiger partial charge in [-0.05, 0) is 46.1 Å². The van der Waals surface area contributed by atoms with Crippen molar-refractivity contribution in [1.82, 2.24) is 5.32 Å². The van der Waals surface area contributed by atoms with E-state index in [4.69, 9.17) is 4.74 Å². The number of hydrogen-bond donors (Lipinski definition) is 2. The second kappa shape index (κ2) is 7.12. The third kappa shape index (κ3) is 4.54. The Morgan fingerprint density at radius 1 is 1.26 bits per heavy atom. The molecule has 0 spiro atoms. The Morgan fingerprint density at radius 2 is 1.91 bits per heavy atom. The van der Waals surface area contributed by atoms with Gasteiger partial charge in [0.1, 0.15) is 5.00 Å². The lowest BCUT2D eigenvalue weighted by molar-refractivity contribution is -0.124. The van der Waals surface area contributed by atoms with E-state index < -0.39 is 5.97 Å². The van der Waals surface area contributed by atoms with Gasteiger partial charge >= 0.3 is 5.97 Å². The SMILES string of the molecule is Cc1sc(NC(=O)C2CC2)c(C(=O)OCC(=O)NC(C)C)c1C. The van der Waals surface area contributed by atoms with Crippen LogP contribution < -0.4 is 10.6 Å². The zero-order valence-corrected chi connectivity index (χ0v) is 14.6. The molecule has 0 bridgehead atoms. The Balaban J connectivity index is 2.06. The van der Waals surface area contributed by atoms with Gasteiger partial charge in [0.25, 0.3) is 5.91 Å². The summed E-state index contributed by atoms with van der Waals surface area (Å²) in [4.78, 5) is 36.8. The summed E-state index contributed by atoms with van der Waals surface area (Å²) in [6, 6.07) is -0.0141. The number of carbonyl (C=O) groups excluding carboxylic acids is 3. The van der Waals surface area contributed by atoms with Crippen LogP contribution in [0.5, 0.6) is 0 Å². The van der Waals surface area contributed by atoms with E-state index in [1.807, 2.05) is 27.7 Å². The molecule has 6 nitrogen and oxygen atoms in total. The maximum absolute atomic E-state index is 12.3. The minimum absolute atomic E-state index is 0.0141. The zero-order valence-electron chi connectivity index (χ0n) is 13.8. The fourth-order valence-electron chi connectivity index (χ4n) is 2.09. The van der Waals surface area contributed by atoms with Crippen molar-refractivity contribution in [2.24, 2.45) is 5.92 Å². The lowest BCUT2D eigenvalue weighted by atomic mass is 10.1. The molecule has 126 valence electrons. The number of ether oxygens (including phenoxy) is 1. The van der Waals surface area contributed by atoms with E-state index in [0.717, 1.165) is 23.3 Å². The van der Waals surface area contributed by atoms with Crippen molar-refractivity contribution >= 4 is 34.1 Å². The number of amides is 2. The number of esters is 1. The predicted molar refractivity (Wildman–Crippen MR) is 88.7 cm³/mol. The van der Waals surface area contributed by atoms with Crippen molar-refractivity contribution in [2.75, 3.05) is 11.9 Å². The summed E-state index contributed by atoms with van der Waals surface area (Å²) < 4.78 is 5.09. The Labute approximate surface area is 139 Å². The van der Waals surface area contributed by atoms with E-state index in [9.17, 15) is 14.4 Å². The predicted octanol–water partition coefficient (Wildman–Crippen LogP) is 2.39. The number of rotatable bonds is 6. The van der Waals surface area contributed by atoms with E-state index in [0.29, 0.717) is 10.6 Å². The molecule has 0 aromatic carbocycles. The standard InChI is InChI=1S/C16H22N2O4S/c1-8(2)17-12(19)7-22-16(21)13-9(3)10(4)23-15(13)18-14(20)11-5-6-11/h8,11H,5-7H2,1-4H3,(H,17,19)(H,18,20). The van der Waals surface area contributed by atoms with Crippen molar-refractivity contribution in [1.29, 1.82) is 0 Å². The molecule has 0 atom stereocenters. The van der Waals surface area contributed by atoms with Gasteiger partial charge in [0.15, 0.2) is 6.61 Å². The van der Waals surface area contributed by atoms with Crippen LogP contribution in [0.15, 0.2) is 0 Å². The molecule has 1 heterocycles. The highest BCUT2D eigenvalue weighted by atomic mass is 32.1. The highest BCUT2D eigenvalue weighted by molar-refractivity contribution is 7.16. The molecule has 0 aliphatic heterocycles. The van der Waals surface area contributed by atoms with Gasteiger partial charge in [0.05, 0.1) is 5.56 Å². The van der Waals surface area contributed by atoms with Gasteiger partial charge in [-0.3, -0.25) is 9.59 Å². The Morgan fingerprint density at radius 3 is 2.48 bits per heavy atom. The van der Waals surface area contributed by atoms with Gasteiger partial charge in [0.2, 0.25) is 5.91 Å². The maximum atomic E-state index is 12.3. The second-order valence-corrected chi connectivity index (χ2v) is 7.27. The molecule has 2 N–H and O–H groups in total. The number of carbonyl (C=O) groups is 3. The summed E-state index contributed by atoms with van der Waals surface area (Å²) in [6.45, 7) is 7.02. The second-order valence-electron chi connectivity index (χ2n) is 6.05. The van der Waals surface area contributed by atoms with Crippen LogP contribution in [-0.4, -0.2) is 30.4 Å². The van der Waals surface area contributed by atoms with E-state index >= 15 is 0 Å². The first-order valence-corrected chi connectivity index (χ1v) is 8.48. The van der Waals surface area contributed by atoms with Crippen molar-refractivity contribution in [2.45, 2.75) is 46.6 Å².